The van der Waals surface area contributed by atoms with Gasteiger partial charge in [-0.2, -0.15) is 0 Å². The van der Waals surface area contributed by atoms with E-state index in [9.17, 15) is 9.59 Å². The average Bonchev–Trinajstić information content (AvgIpc) is 3.30. The normalized spacial score (nSPS) is 16.3. The number of ether oxygens (including phenoxy) is 1. The smallest absolute Gasteiger partial charge is 0.338 e. The number of nitrogens with zero attached hydrogens (tertiary/aromatic N) is 2. The number of hydrogen-bond acceptors (Lipinski definition) is 6. The summed E-state index contributed by atoms with van der Waals surface area (Å²) in [6, 6.07) is 11.1. The third-order valence-electron chi connectivity index (χ3n) is 5.47. The Balaban J connectivity index is 1.93. The van der Waals surface area contributed by atoms with Crippen molar-refractivity contribution in [3.05, 3.63) is 90.0 Å². The Kier molecular flexibility index (Phi) is 6.02. The van der Waals surface area contributed by atoms with Crippen LogP contribution < -0.4 is 14.9 Å². The molecule has 1 aliphatic rings. The summed E-state index contributed by atoms with van der Waals surface area (Å²) in [6.07, 6.45) is 1.72. The molecule has 1 atom stereocenters. The van der Waals surface area contributed by atoms with Crippen molar-refractivity contribution in [2.24, 2.45) is 4.99 Å². The van der Waals surface area contributed by atoms with Crippen molar-refractivity contribution in [1.82, 2.24) is 4.57 Å². The number of thiazole rings is 1. The first-order chi connectivity index (χ1) is 15.3. The Hall–Kier alpha value is -3.19. The second kappa shape index (κ2) is 8.74. The van der Waals surface area contributed by atoms with Crippen LogP contribution in [0.15, 0.2) is 61.9 Å². The van der Waals surface area contributed by atoms with E-state index in [1.54, 1.807) is 24.5 Å². The highest BCUT2D eigenvalue weighted by Gasteiger charge is 2.33. The first kappa shape index (κ1) is 22.0. The molecule has 6 nitrogen and oxygen atoms in total. The molecule has 0 unspecified atom stereocenters. The predicted molar refractivity (Wildman–Crippen MR) is 124 cm³/mol. The minimum atomic E-state index is -0.605. The summed E-state index contributed by atoms with van der Waals surface area (Å²) >= 11 is 1.29. The van der Waals surface area contributed by atoms with Crippen LogP contribution in [0.25, 0.3) is 6.08 Å². The van der Waals surface area contributed by atoms with E-state index >= 15 is 0 Å². The minimum Gasteiger partial charge on any atom is -0.463 e. The standard InChI is InChI=1S/C25H26N2O4S/c1-6-30-24(29)21-16(5)26-25-27(22(21)18-10-8-17(9-11-18)14(2)3)23(28)20(32-25)13-19-12-7-15(4)31-19/h7-14,22H,6H2,1-5H3/b20-13-/t22-/m1/s1. The van der Waals surface area contributed by atoms with Crippen molar-refractivity contribution in [2.75, 3.05) is 6.61 Å². The molecule has 7 heteroatoms. The number of esters is 1. The second-order valence-corrected chi connectivity index (χ2v) is 9.08. The molecule has 0 N–H and O–H groups in total. The van der Waals surface area contributed by atoms with E-state index in [0.717, 1.165) is 11.3 Å². The number of aromatic nitrogens is 1. The average molecular weight is 451 g/mol. The van der Waals surface area contributed by atoms with Crippen molar-refractivity contribution < 1.29 is 13.9 Å². The number of allylic oxidation sites excluding steroid dienone is 1. The van der Waals surface area contributed by atoms with Crippen LogP contribution in [0.2, 0.25) is 0 Å². The van der Waals surface area contributed by atoms with E-state index in [0.29, 0.717) is 32.3 Å². The molecule has 3 aromatic rings. The highest BCUT2D eigenvalue weighted by atomic mass is 32.1. The monoisotopic (exact) mass is 450 g/mol. The van der Waals surface area contributed by atoms with Gasteiger partial charge in [0.25, 0.3) is 5.56 Å². The van der Waals surface area contributed by atoms with Gasteiger partial charge in [0.05, 0.1) is 28.5 Å². The summed E-state index contributed by atoms with van der Waals surface area (Å²) in [7, 11) is 0. The molecule has 4 rings (SSSR count). The number of fused-ring (bicyclic) bond motifs is 1. The van der Waals surface area contributed by atoms with Crippen LogP contribution in [0.1, 0.15) is 62.3 Å². The summed E-state index contributed by atoms with van der Waals surface area (Å²) < 4.78 is 13.0. The van der Waals surface area contributed by atoms with Crippen LogP contribution in [0, 0.1) is 6.92 Å². The predicted octanol–water partition coefficient (Wildman–Crippen LogP) is 3.82. The van der Waals surface area contributed by atoms with Gasteiger partial charge in [0.15, 0.2) is 4.80 Å². The van der Waals surface area contributed by atoms with E-state index in [1.807, 2.05) is 43.3 Å². The SMILES string of the molecule is CCOC(=O)C1=C(C)N=c2s/c(=C\c3ccc(C)o3)c(=O)n2[C@@H]1c1ccc(C(C)C)cc1. The maximum Gasteiger partial charge on any atom is 0.338 e. The quantitative estimate of drug-likeness (QED) is 0.554. The number of carbonyl (C=O) groups excluding carboxylic acids is 1. The van der Waals surface area contributed by atoms with Crippen LogP contribution in [0.4, 0.5) is 0 Å². The number of benzene rings is 1. The fourth-order valence-electron chi connectivity index (χ4n) is 3.83. The molecule has 1 aromatic carbocycles. The fourth-order valence-corrected chi connectivity index (χ4v) is 4.86. The van der Waals surface area contributed by atoms with Crippen LogP contribution in [-0.4, -0.2) is 17.1 Å². The lowest BCUT2D eigenvalue weighted by molar-refractivity contribution is -0.139. The summed E-state index contributed by atoms with van der Waals surface area (Å²) in [5.41, 5.74) is 2.76. The minimum absolute atomic E-state index is 0.213. The molecule has 0 saturated carbocycles. The zero-order chi connectivity index (χ0) is 23.0. The molecule has 0 radical (unpaired) electrons. The van der Waals surface area contributed by atoms with E-state index < -0.39 is 12.0 Å². The molecule has 1 aliphatic heterocycles. The third kappa shape index (κ3) is 4.00. The maximum absolute atomic E-state index is 13.5. The van der Waals surface area contributed by atoms with Gasteiger partial charge in [-0.05, 0) is 49.9 Å². The van der Waals surface area contributed by atoms with Gasteiger partial charge in [0.2, 0.25) is 0 Å². The number of rotatable bonds is 5. The van der Waals surface area contributed by atoms with Gasteiger partial charge in [0, 0.05) is 6.08 Å². The summed E-state index contributed by atoms with van der Waals surface area (Å²) in [5.74, 6) is 1.30. The lowest BCUT2D eigenvalue weighted by Crippen LogP contribution is -2.39. The Bertz CT molecular complexity index is 1370. The van der Waals surface area contributed by atoms with Gasteiger partial charge in [-0.15, -0.1) is 0 Å². The van der Waals surface area contributed by atoms with Gasteiger partial charge >= 0.3 is 5.97 Å². The van der Waals surface area contributed by atoms with Crippen molar-refractivity contribution in [3.63, 3.8) is 0 Å². The van der Waals surface area contributed by atoms with E-state index in [1.165, 1.54) is 16.9 Å². The molecule has 0 amide bonds. The van der Waals surface area contributed by atoms with E-state index in [4.69, 9.17) is 9.15 Å². The maximum atomic E-state index is 13.5. The summed E-state index contributed by atoms with van der Waals surface area (Å²) in [4.78, 5) is 31.5. The summed E-state index contributed by atoms with van der Waals surface area (Å²) in [6.45, 7) is 9.91. The Morgan fingerprint density at radius 2 is 1.94 bits per heavy atom. The molecule has 0 fully saturated rings. The molecule has 2 aromatic heterocycles. The molecular formula is C25H26N2O4S. The van der Waals surface area contributed by atoms with Gasteiger partial charge in [-0.25, -0.2) is 9.79 Å². The fraction of sp³-hybridized carbons (Fsp3) is 0.320. The largest absolute Gasteiger partial charge is 0.463 e. The van der Waals surface area contributed by atoms with E-state index in [-0.39, 0.29) is 12.2 Å². The molecule has 0 bridgehead atoms. The zero-order valence-electron chi connectivity index (χ0n) is 18.8. The number of hydrogen-bond donors (Lipinski definition) is 0. The number of carbonyl (C=O) groups is 1. The molecule has 0 spiro atoms. The second-order valence-electron chi connectivity index (χ2n) is 8.07. The van der Waals surface area contributed by atoms with E-state index in [2.05, 4.69) is 18.8 Å². The van der Waals surface area contributed by atoms with Crippen molar-refractivity contribution in [2.45, 2.75) is 46.6 Å². The topological polar surface area (TPSA) is 73.8 Å². The van der Waals surface area contributed by atoms with Crippen molar-refractivity contribution in [3.8, 4) is 0 Å². The molecule has 0 saturated heterocycles. The molecule has 166 valence electrons. The zero-order valence-corrected chi connectivity index (χ0v) is 19.7. The lowest BCUT2D eigenvalue weighted by atomic mass is 9.93. The highest BCUT2D eigenvalue weighted by Crippen LogP contribution is 2.31. The first-order valence-corrected chi connectivity index (χ1v) is 11.5. The highest BCUT2D eigenvalue weighted by molar-refractivity contribution is 7.07. The van der Waals surface area contributed by atoms with Crippen LogP contribution in [-0.2, 0) is 9.53 Å². The lowest BCUT2D eigenvalue weighted by Gasteiger charge is -2.25. The number of aryl methyl sites for hydroxylation is 1. The molecule has 3 heterocycles. The van der Waals surface area contributed by atoms with Gasteiger partial charge in [0.1, 0.15) is 11.5 Å². The van der Waals surface area contributed by atoms with Crippen LogP contribution in [0.3, 0.4) is 0 Å². The van der Waals surface area contributed by atoms with Gasteiger partial charge in [-0.1, -0.05) is 49.4 Å². The molecule has 32 heavy (non-hydrogen) atoms. The molecule has 0 aliphatic carbocycles. The Labute approximate surface area is 190 Å². The molecular weight excluding hydrogens is 424 g/mol. The first-order valence-electron chi connectivity index (χ1n) is 10.7. The Morgan fingerprint density at radius 3 is 2.53 bits per heavy atom. The number of furan rings is 1. The van der Waals surface area contributed by atoms with Gasteiger partial charge in [-0.3, -0.25) is 9.36 Å². The van der Waals surface area contributed by atoms with Crippen molar-refractivity contribution in [1.29, 1.82) is 0 Å². The van der Waals surface area contributed by atoms with Crippen molar-refractivity contribution >= 4 is 23.4 Å². The van der Waals surface area contributed by atoms with Crippen LogP contribution in [0.5, 0.6) is 0 Å². The van der Waals surface area contributed by atoms with Crippen LogP contribution >= 0.6 is 11.3 Å². The Morgan fingerprint density at radius 1 is 1.22 bits per heavy atom. The third-order valence-corrected chi connectivity index (χ3v) is 6.45. The summed E-state index contributed by atoms with van der Waals surface area (Å²) in [5, 5.41) is 0. The van der Waals surface area contributed by atoms with Gasteiger partial charge < -0.3 is 9.15 Å².